The molecule has 2 N–H and O–H groups in total. The standard InChI is InChI=1S/C24H31N3O2S/c28-21(26-24-13-16-10-17(14-24)12-18(11-16)15-24)8-2-1-5-9-27-22(29)19-6-3-4-7-20(19)25-23(27)30/h3-4,6-7,16-18H,1-2,5,8-15H2,(H,25,30)(H,26,28). The largest absolute Gasteiger partial charge is 0.351 e. The summed E-state index contributed by atoms with van der Waals surface area (Å²) in [5.74, 6) is 2.76. The van der Waals surface area contributed by atoms with Crippen LogP contribution in [0.1, 0.15) is 64.2 Å². The summed E-state index contributed by atoms with van der Waals surface area (Å²) < 4.78 is 2.12. The van der Waals surface area contributed by atoms with Crippen LogP contribution < -0.4 is 10.9 Å². The van der Waals surface area contributed by atoms with E-state index in [-0.39, 0.29) is 17.0 Å². The van der Waals surface area contributed by atoms with Crippen LogP contribution in [-0.4, -0.2) is 21.0 Å². The molecule has 1 aromatic heterocycles. The second-order valence-corrected chi connectivity index (χ2v) is 10.4. The Bertz CT molecular complexity index is 1030. The zero-order valence-corrected chi connectivity index (χ0v) is 18.3. The summed E-state index contributed by atoms with van der Waals surface area (Å²) in [6, 6.07) is 7.47. The number of benzene rings is 1. The first-order chi connectivity index (χ1) is 14.5. The monoisotopic (exact) mass is 425 g/mol. The number of aromatic amines is 1. The Hall–Kier alpha value is -1.95. The van der Waals surface area contributed by atoms with Crippen molar-refractivity contribution >= 4 is 29.0 Å². The fourth-order valence-corrected chi connectivity index (χ4v) is 7.04. The van der Waals surface area contributed by atoms with E-state index in [0.29, 0.717) is 23.1 Å². The molecule has 5 nitrogen and oxygen atoms in total. The molecule has 0 saturated heterocycles. The first-order valence-corrected chi connectivity index (χ1v) is 11.9. The summed E-state index contributed by atoms with van der Waals surface area (Å²) in [7, 11) is 0. The highest BCUT2D eigenvalue weighted by atomic mass is 32.1. The van der Waals surface area contributed by atoms with Crippen LogP contribution in [0.15, 0.2) is 29.1 Å². The second-order valence-electron chi connectivity index (χ2n) is 9.99. The van der Waals surface area contributed by atoms with Crippen LogP contribution in [0.4, 0.5) is 0 Å². The zero-order chi connectivity index (χ0) is 20.7. The molecular formula is C24H31N3O2S. The number of rotatable bonds is 7. The molecule has 4 fully saturated rings. The van der Waals surface area contributed by atoms with E-state index in [0.717, 1.165) is 42.5 Å². The van der Waals surface area contributed by atoms with Crippen molar-refractivity contribution in [2.75, 3.05) is 0 Å². The molecule has 6 heteroatoms. The quantitative estimate of drug-likeness (QED) is 0.499. The number of hydrogen-bond acceptors (Lipinski definition) is 3. The van der Waals surface area contributed by atoms with Crippen LogP contribution >= 0.6 is 12.2 Å². The molecule has 2 aromatic rings. The number of para-hydroxylation sites is 1. The molecule has 1 aromatic carbocycles. The number of amides is 1. The van der Waals surface area contributed by atoms with E-state index in [9.17, 15) is 9.59 Å². The van der Waals surface area contributed by atoms with Crippen molar-refractivity contribution in [2.24, 2.45) is 17.8 Å². The van der Waals surface area contributed by atoms with Crippen molar-refractivity contribution in [3.63, 3.8) is 0 Å². The van der Waals surface area contributed by atoms with Gasteiger partial charge in [-0.2, -0.15) is 0 Å². The molecule has 4 aliphatic rings. The lowest BCUT2D eigenvalue weighted by atomic mass is 9.53. The van der Waals surface area contributed by atoms with Crippen molar-refractivity contribution in [3.05, 3.63) is 39.4 Å². The number of fused-ring (bicyclic) bond motifs is 1. The number of carbonyl (C=O) groups excluding carboxylic acids is 1. The van der Waals surface area contributed by atoms with Crippen LogP contribution in [0.5, 0.6) is 0 Å². The molecule has 0 unspecified atom stereocenters. The Kier molecular flexibility index (Phi) is 5.30. The highest BCUT2D eigenvalue weighted by Gasteiger charge is 2.51. The average Bonchev–Trinajstić information content (AvgIpc) is 2.68. The first-order valence-electron chi connectivity index (χ1n) is 11.5. The number of H-pyrrole nitrogens is 1. The lowest BCUT2D eigenvalue weighted by Gasteiger charge is -2.56. The van der Waals surface area contributed by atoms with Gasteiger partial charge in [0.2, 0.25) is 5.91 Å². The molecule has 0 radical (unpaired) electrons. The second kappa shape index (κ2) is 7.95. The lowest BCUT2D eigenvalue weighted by molar-refractivity contribution is -0.127. The Morgan fingerprint density at radius 1 is 1.07 bits per heavy atom. The van der Waals surface area contributed by atoms with E-state index >= 15 is 0 Å². The van der Waals surface area contributed by atoms with Gasteiger partial charge >= 0.3 is 0 Å². The maximum atomic E-state index is 12.7. The van der Waals surface area contributed by atoms with Crippen LogP contribution in [0, 0.1) is 22.5 Å². The summed E-state index contributed by atoms with van der Waals surface area (Å²) in [6.07, 6.45) is 11.0. The van der Waals surface area contributed by atoms with Crippen molar-refractivity contribution < 1.29 is 4.79 Å². The van der Waals surface area contributed by atoms with Gasteiger partial charge in [-0.05, 0) is 93.5 Å². The fourth-order valence-electron chi connectivity index (χ4n) is 6.76. The zero-order valence-electron chi connectivity index (χ0n) is 17.5. The minimum Gasteiger partial charge on any atom is -0.351 e. The van der Waals surface area contributed by atoms with Crippen LogP contribution in [0.2, 0.25) is 0 Å². The van der Waals surface area contributed by atoms with E-state index in [2.05, 4.69) is 10.3 Å². The Morgan fingerprint density at radius 2 is 1.73 bits per heavy atom. The van der Waals surface area contributed by atoms with Gasteiger partial charge in [-0.3, -0.25) is 14.2 Å². The van der Waals surface area contributed by atoms with Crippen molar-refractivity contribution in [3.8, 4) is 0 Å². The third kappa shape index (κ3) is 3.86. The van der Waals surface area contributed by atoms with Gasteiger partial charge in [0.1, 0.15) is 0 Å². The normalized spacial score (nSPS) is 29.4. The van der Waals surface area contributed by atoms with Gasteiger partial charge < -0.3 is 10.3 Å². The molecule has 6 rings (SSSR count). The van der Waals surface area contributed by atoms with Crippen LogP contribution in [-0.2, 0) is 11.3 Å². The molecule has 4 saturated carbocycles. The summed E-state index contributed by atoms with van der Waals surface area (Å²) in [5.41, 5.74) is 0.858. The van der Waals surface area contributed by atoms with E-state index < -0.39 is 0 Å². The average molecular weight is 426 g/mol. The fraction of sp³-hybridized carbons (Fsp3) is 0.625. The Balaban J connectivity index is 1.11. The summed E-state index contributed by atoms with van der Waals surface area (Å²) >= 11 is 5.37. The molecule has 0 atom stereocenters. The SMILES string of the molecule is O=C(CCCCCn1c(=S)[nH]c2ccccc2c1=O)NC12CC3CC(CC(C3)C1)C2. The molecule has 1 heterocycles. The Labute approximate surface area is 182 Å². The van der Waals surface area contributed by atoms with E-state index in [1.54, 1.807) is 4.57 Å². The maximum absolute atomic E-state index is 12.7. The molecule has 4 bridgehead atoms. The number of carbonyl (C=O) groups is 1. The highest BCUT2D eigenvalue weighted by molar-refractivity contribution is 7.71. The molecule has 1 amide bonds. The smallest absolute Gasteiger partial charge is 0.262 e. The number of nitrogens with zero attached hydrogens (tertiary/aromatic N) is 1. The Morgan fingerprint density at radius 3 is 2.43 bits per heavy atom. The van der Waals surface area contributed by atoms with E-state index in [1.165, 1.54) is 38.5 Å². The third-order valence-corrected chi connectivity index (χ3v) is 7.94. The van der Waals surface area contributed by atoms with Gasteiger partial charge in [-0.15, -0.1) is 0 Å². The van der Waals surface area contributed by atoms with Gasteiger partial charge in [-0.25, -0.2) is 0 Å². The van der Waals surface area contributed by atoms with Crippen molar-refractivity contribution in [1.29, 1.82) is 0 Å². The first kappa shape index (κ1) is 20.0. The summed E-state index contributed by atoms with van der Waals surface area (Å²) in [6.45, 7) is 0.593. The van der Waals surface area contributed by atoms with Gasteiger partial charge in [0.05, 0.1) is 10.9 Å². The molecule has 0 spiro atoms. The highest BCUT2D eigenvalue weighted by Crippen LogP contribution is 2.55. The van der Waals surface area contributed by atoms with Gasteiger partial charge in [0.15, 0.2) is 4.77 Å². The topological polar surface area (TPSA) is 66.9 Å². The third-order valence-electron chi connectivity index (χ3n) is 7.62. The predicted molar refractivity (Wildman–Crippen MR) is 121 cm³/mol. The summed E-state index contributed by atoms with van der Waals surface area (Å²) in [4.78, 5) is 28.5. The minimum atomic E-state index is -0.0334. The van der Waals surface area contributed by atoms with Gasteiger partial charge in [-0.1, -0.05) is 18.6 Å². The van der Waals surface area contributed by atoms with Gasteiger partial charge in [0, 0.05) is 18.5 Å². The van der Waals surface area contributed by atoms with Crippen molar-refractivity contribution in [2.45, 2.75) is 76.3 Å². The predicted octanol–water partition coefficient (Wildman–Crippen LogP) is 4.70. The molecule has 160 valence electrons. The van der Waals surface area contributed by atoms with E-state index in [1.807, 2.05) is 24.3 Å². The van der Waals surface area contributed by atoms with Gasteiger partial charge in [0.25, 0.3) is 5.56 Å². The molecule has 4 aliphatic carbocycles. The minimum absolute atomic E-state index is 0.0334. The number of hydrogen-bond donors (Lipinski definition) is 2. The molecule has 0 aliphatic heterocycles. The number of unbranched alkanes of at least 4 members (excludes halogenated alkanes) is 2. The van der Waals surface area contributed by atoms with E-state index in [4.69, 9.17) is 12.2 Å². The molecular weight excluding hydrogens is 394 g/mol. The molecule has 30 heavy (non-hydrogen) atoms. The van der Waals surface area contributed by atoms with Crippen LogP contribution in [0.3, 0.4) is 0 Å². The van der Waals surface area contributed by atoms with Crippen LogP contribution in [0.25, 0.3) is 10.9 Å². The summed E-state index contributed by atoms with van der Waals surface area (Å²) in [5, 5.41) is 4.12. The lowest BCUT2D eigenvalue weighted by Crippen LogP contribution is -2.59. The maximum Gasteiger partial charge on any atom is 0.262 e. The number of aromatic nitrogens is 2. The van der Waals surface area contributed by atoms with Crippen molar-refractivity contribution in [1.82, 2.24) is 14.9 Å². The number of nitrogens with one attached hydrogen (secondary N) is 2.